The summed E-state index contributed by atoms with van der Waals surface area (Å²) in [6.45, 7) is 10.1. The molecule has 0 radical (unpaired) electrons. The van der Waals surface area contributed by atoms with Crippen molar-refractivity contribution >= 4 is 0 Å². The molecule has 17 heavy (non-hydrogen) atoms. The summed E-state index contributed by atoms with van der Waals surface area (Å²) in [6, 6.07) is 0. The Bertz CT molecular complexity index is 216. The Morgan fingerprint density at radius 1 is 1.29 bits per heavy atom. The quantitative estimate of drug-likeness (QED) is 0.458. The van der Waals surface area contributed by atoms with Gasteiger partial charge < -0.3 is 14.2 Å². The third-order valence-corrected chi connectivity index (χ3v) is 2.79. The van der Waals surface area contributed by atoms with Gasteiger partial charge in [0.25, 0.3) is 0 Å². The number of hydrogen-bond donors (Lipinski definition) is 0. The Kier molecular flexibility index (Phi) is 7.97. The van der Waals surface area contributed by atoms with E-state index < -0.39 is 0 Å². The summed E-state index contributed by atoms with van der Waals surface area (Å²) < 4.78 is 17.0. The van der Waals surface area contributed by atoms with Crippen LogP contribution in [0.15, 0.2) is 25.3 Å². The van der Waals surface area contributed by atoms with Crippen molar-refractivity contribution in [2.45, 2.75) is 37.9 Å². The van der Waals surface area contributed by atoms with Crippen LogP contribution in [0.4, 0.5) is 0 Å². The first-order valence-electron chi connectivity index (χ1n) is 6.41. The number of unbranched alkanes of at least 4 members (excludes halogenated alkanes) is 1. The van der Waals surface area contributed by atoms with E-state index >= 15 is 0 Å². The van der Waals surface area contributed by atoms with Gasteiger partial charge in [-0.25, -0.2) is 0 Å². The highest BCUT2D eigenvalue weighted by Gasteiger charge is 2.26. The van der Waals surface area contributed by atoms with E-state index in [4.69, 9.17) is 14.2 Å². The van der Waals surface area contributed by atoms with E-state index in [1.807, 2.05) is 6.08 Å². The molecule has 0 unspecified atom stereocenters. The van der Waals surface area contributed by atoms with Crippen molar-refractivity contribution in [3.05, 3.63) is 25.3 Å². The molecule has 0 aromatic heterocycles. The van der Waals surface area contributed by atoms with Crippen molar-refractivity contribution < 1.29 is 14.2 Å². The zero-order valence-electron chi connectivity index (χ0n) is 10.6. The van der Waals surface area contributed by atoms with Crippen molar-refractivity contribution in [1.29, 1.82) is 0 Å². The van der Waals surface area contributed by atoms with Gasteiger partial charge >= 0.3 is 0 Å². The van der Waals surface area contributed by atoms with Gasteiger partial charge in [0.15, 0.2) is 0 Å². The molecular formula is C14H24O3. The Morgan fingerprint density at radius 3 is 2.94 bits per heavy atom. The van der Waals surface area contributed by atoms with Crippen molar-refractivity contribution in [1.82, 2.24) is 0 Å². The van der Waals surface area contributed by atoms with E-state index in [1.165, 1.54) is 0 Å². The van der Waals surface area contributed by atoms with Crippen LogP contribution in [0.5, 0.6) is 0 Å². The van der Waals surface area contributed by atoms with Gasteiger partial charge in [-0.2, -0.15) is 0 Å². The van der Waals surface area contributed by atoms with Gasteiger partial charge in [0.1, 0.15) is 6.10 Å². The maximum absolute atomic E-state index is 5.69. The summed E-state index contributed by atoms with van der Waals surface area (Å²) >= 11 is 0. The highest BCUT2D eigenvalue weighted by molar-refractivity contribution is 4.77. The molecule has 0 N–H and O–H groups in total. The van der Waals surface area contributed by atoms with Gasteiger partial charge in [0, 0.05) is 13.2 Å². The van der Waals surface area contributed by atoms with Crippen LogP contribution in [0.3, 0.4) is 0 Å². The van der Waals surface area contributed by atoms with Gasteiger partial charge in [-0.05, 0) is 25.7 Å². The number of rotatable bonds is 9. The van der Waals surface area contributed by atoms with Gasteiger partial charge in [-0.1, -0.05) is 12.2 Å². The molecule has 0 bridgehead atoms. The smallest absolute Gasteiger partial charge is 0.107 e. The zero-order valence-corrected chi connectivity index (χ0v) is 10.6. The Balaban J connectivity index is 2.17. The van der Waals surface area contributed by atoms with Crippen LogP contribution >= 0.6 is 0 Å². The summed E-state index contributed by atoms with van der Waals surface area (Å²) in [7, 11) is 0. The number of allylic oxidation sites excluding steroid dienone is 1. The Hall–Kier alpha value is -0.640. The van der Waals surface area contributed by atoms with Gasteiger partial charge in [0.2, 0.25) is 0 Å². The monoisotopic (exact) mass is 240 g/mol. The molecule has 2 atom stereocenters. The number of ether oxygens (including phenoxy) is 3. The molecule has 0 aromatic carbocycles. The fourth-order valence-corrected chi connectivity index (χ4v) is 1.88. The average Bonchev–Trinajstić information content (AvgIpc) is 2.37. The maximum atomic E-state index is 5.69. The van der Waals surface area contributed by atoms with Crippen LogP contribution in [0.25, 0.3) is 0 Å². The fourth-order valence-electron chi connectivity index (χ4n) is 1.88. The summed E-state index contributed by atoms with van der Waals surface area (Å²) in [5.74, 6) is 0. The normalized spacial score (nSPS) is 24.5. The lowest BCUT2D eigenvalue weighted by Crippen LogP contribution is -2.39. The first-order chi connectivity index (χ1) is 8.38. The second-order valence-electron chi connectivity index (χ2n) is 4.22. The van der Waals surface area contributed by atoms with Crippen LogP contribution in [-0.4, -0.2) is 38.6 Å². The topological polar surface area (TPSA) is 27.7 Å². The van der Waals surface area contributed by atoms with Crippen LogP contribution in [0.1, 0.15) is 25.7 Å². The van der Waals surface area contributed by atoms with E-state index in [2.05, 4.69) is 13.2 Å². The predicted molar refractivity (Wildman–Crippen MR) is 69.2 cm³/mol. The van der Waals surface area contributed by atoms with Crippen LogP contribution in [0, 0.1) is 0 Å². The Morgan fingerprint density at radius 2 is 2.18 bits per heavy atom. The molecule has 3 heteroatoms. The van der Waals surface area contributed by atoms with E-state index in [0.29, 0.717) is 13.2 Å². The molecule has 3 nitrogen and oxygen atoms in total. The van der Waals surface area contributed by atoms with Gasteiger partial charge in [0.05, 0.1) is 19.3 Å². The first kappa shape index (κ1) is 14.4. The van der Waals surface area contributed by atoms with Crippen molar-refractivity contribution in [2.75, 3.05) is 26.4 Å². The summed E-state index contributed by atoms with van der Waals surface area (Å²) in [5.41, 5.74) is 0. The highest BCUT2D eigenvalue weighted by atomic mass is 16.6. The SMILES string of the molecule is C=CCCCOC[C@H]1OCCC[C@@H]1OCC=C. The van der Waals surface area contributed by atoms with Crippen LogP contribution in [-0.2, 0) is 14.2 Å². The van der Waals surface area contributed by atoms with E-state index in [9.17, 15) is 0 Å². The first-order valence-corrected chi connectivity index (χ1v) is 6.41. The highest BCUT2D eigenvalue weighted by Crippen LogP contribution is 2.17. The molecule has 0 spiro atoms. The third kappa shape index (κ3) is 6.01. The molecular weight excluding hydrogens is 216 g/mol. The van der Waals surface area contributed by atoms with E-state index in [1.54, 1.807) is 6.08 Å². The molecule has 0 saturated carbocycles. The van der Waals surface area contributed by atoms with E-state index in [0.717, 1.165) is 38.9 Å². The Labute approximate surface area is 104 Å². The molecule has 0 amide bonds. The standard InChI is InChI=1S/C14H24O3/c1-3-5-6-10-15-12-14-13(16-9-4-2)8-7-11-17-14/h3-4,13-14H,1-2,5-12H2/t13-,14+/m0/s1. The summed E-state index contributed by atoms with van der Waals surface area (Å²) in [6.07, 6.45) is 8.06. The third-order valence-electron chi connectivity index (χ3n) is 2.79. The largest absolute Gasteiger partial charge is 0.379 e. The minimum absolute atomic E-state index is 0.0763. The second kappa shape index (κ2) is 9.40. The van der Waals surface area contributed by atoms with E-state index in [-0.39, 0.29) is 12.2 Å². The molecule has 1 aliphatic heterocycles. The van der Waals surface area contributed by atoms with Gasteiger partial charge in [-0.15, -0.1) is 13.2 Å². The molecule has 1 heterocycles. The minimum Gasteiger partial charge on any atom is -0.379 e. The lowest BCUT2D eigenvalue weighted by molar-refractivity contribution is -0.126. The average molecular weight is 240 g/mol. The maximum Gasteiger partial charge on any atom is 0.107 e. The summed E-state index contributed by atoms with van der Waals surface area (Å²) in [5, 5.41) is 0. The fraction of sp³-hybridized carbons (Fsp3) is 0.714. The molecule has 1 saturated heterocycles. The van der Waals surface area contributed by atoms with Crippen LogP contribution < -0.4 is 0 Å². The van der Waals surface area contributed by atoms with Gasteiger partial charge in [-0.3, -0.25) is 0 Å². The van der Waals surface area contributed by atoms with Crippen molar-refractivity contribution in [2.24, 2.45) is 0 Å². The number of hydrogen-bond acceptors (Lipinski definition) is 3. The van der Waals surface area contributed by atoms with Crippen molar-refractivity contribution in [3.8, 4) is 0 Å². The molecule has 0 aromatic rings. The minimum atomic E-state index is 0.0763. The van der Waals surface area contributed by atoms with Crippen molar-refractivity contribution in [3.63, 3.8) is 0 Å². The predicted octanol–water partition coefficient (Wildman–Crippen LogP) is 2.72. The molecule has 1 rings (SSSR count). The zero-order chi connectivity index (χ0) is 12.3. The molecule has 98 valence electrons. The molecule has 1 aliphatic rings. The lowest BCUT2D eigenvalue weighted by Gasteiger charge is -2.31. The molecule has 1 fully saturated rings. The summed E-state index contributed by atoms with van der Waals surface area (Å²) in [4.78, 5) is 0. The second-order valence-corrected chi connectivity index (χ2v) is 4.22. The molecule has 0 aliphatic carbocycles. The van der Waals surface area contributed by atoms with Crippen LogP contribution in [0.2, 0.25) is 0 Å². The lowest BCUT2D eigenvalue weighted by atomic mass is 10.1.